The number of nitrogens with zero attached hydrogens (tertiary/aromatic N) is 3. The monoisotopic (exact) mass is 773 g/mol. The first-order chi connectivity index (χ1) is 29.0. The van der Waals surface area contributed by atoms with E-state index in [1.54, 1.807) is 0 Å². The summed E-state index contributed by atoms with van der Waals surface area (Å²) in [6, 6.07) is 69.3. The van der Waals surface area contributed by atoms with Crippen molar-refractivity contribution in [3.05, 3.63) is 200 Å². The maximum Gasteiger partial charge on any atom is 0.164 e. The number of rotatable bonds is 6. The van der Waals surface area contributed by atoms with Crippen LogP contribution in [-0.2, 0) is 4.57 Å². The van der Waals surface area contributed by atoms with Crippen LogP contribution in [0.4, 0.5) is 0 Å². The molecule has 4 nitrogen and oxygen atoms in total. The topological polar surface area (TPSA) is 55.7 Å². The molecule has 0 fully saturated rings. The highest BCUT2D eigenvalue weighted by Gasteiger charge is 2.37. The highest BCUT2D eigenvalue weighted by Crippen LogP contribution is 2.54. The molecular weight excluding hydrogens is 738 g/mol. The molecule has 0 radical (unpaired) electrons. The summed E-state index contributed by atoms with van der Waals surface area (Å²) < 4.78 is 14.8. The third-order valence-electron chi connectivity index (χ3n) is 11.7. The van der Waals surface area contributed by atoms with E-state index >= 15 is 0 Å². The van der Waals surface area contributed by atoms with Crippen molar-refractivity contribution < 1.29 is 4.57 Å². The van der Waals surface area contributed by atoms with E-state index in [0.29, 0.717) is 17.5 Å². The normalized spacial score (nSPS) is 14.3. The highest BCUT2D eigenvalue weighted by atomic mass is 31.2. The molecule has 11 rings (SSSR count). The Labute approximate surface area is 343 Å². The van der Waals surface area contributed by atoms with Crippen molar-refractivity contribution in [3.8, 4) is 78.7 Å². The van der Waals surface area contributed by atoms with Crippen molar-refractivity contribution in [2.24, 2.45) is 0 Å². The van der Waals surface area contributed by atoms with Crippen LogP contribution in [0.25, 0.3) is 100 Å². The van der Waals surface area contributed by atoms with Crippen LogP contribution in [0.2, 0.25) is 0 Å². The zero-order valence-corrected chi connectivity index (χ0v) is 33.1. The molecule has 278 valence electrons. The summed E-state index contributed by atoms with van der Waals surface area (Å²) in [5, 5.41) is 6.42. The Bertz CT molecular complexity index is 3230. The second-order valence-corrected chi connectivity index (χ2v) is 18.0. The van der Waals surface area contributed by atoms with Gasteiger partial charge in [0.25, 0.3) is 0 Å². The van der Waals surface area contributed by atoms with Gasteiger partial charge < -0.3 is 4.57 Å². The summed E-state index contributed by atoms with van der Waals surface area (Å²) in [5.41, 5.74) is 11.6. The van der Waals surface area contributed by atoms with Crippen molar-refractivity contribution in [2.75, 3.05) is 6.66 Å². The van der Waals surface area contributed by atoms with Crippen molar-refractivity contribution in [2.45, 2.75) is 0 Å². The first kappa shape index (κ1) is 34.9. The Morgan fingerprint density at radius 3 is 1.25 bits per heavy atom. The molecule has 1 aromatic heterocycles. The average molecular weight is 774 g/mol. The standard InChI is InChI=1S/C54H36N3OP/c1-59(58)48-26-13-12-19-41(48)46-24-14-25-47(51(46)59)50-44-22-10-8-20-42(44)49(43-21-9-11-23-45(43)50)37-29-33-40(34-30-37)54-56-52(38-17-6-3-7-18-38)55-53(57-54)39-31-27-36(28-32-39)35-15-4-2-5-16-35/h2-34H,1H3. The number of hydrogen-bond donors (Lipinski definition) is 0. The molecule has 0 spiro atoms. The Morgan fingerprint density at radius 2 is 0.695 bits per heavy atom. The van der Waals surface area contributed by atoms with Gasteiger partial charge in [0, 0.05) is 27.3 Å². The van der Waals surface area contributed by atoms with Crippen LogP contribution < -0.4 is 10.6 Å². The van der Waals surface area contributed by atoms with E-state index in [2.05, 4.69) is 146 Å². The van der Waals surface area contributed by atoms with Crippen LogP contribution in [0.1, 0.15) is 0 Å². The van der Waals surface area contributed by atoms with E-state index in [0.717, 1.165) is 93.4 Å². The zero-order chi connectivity index (χ0) is 39.5. The predicted octanol–water partition coefficient (Wildman–Crippen LogP) is 13.1. The van der Waals surface area contributed by atoms with E-state index in [-0.39, 0.29) is 0 Å². The summed E-state index contributed by atoms with van der Waals surface area (Å²) in [6.07, 6.45) is 0. The lowest BCUT2D eigenvalue weighted by molar-refractivity contribution is 0.591. The molecule has 1 atom stereocenters. The lowest BCUT2D eigenvalue weighted by Crippen LogP contribution is -2.11. The Balaban J connectivity index is 1.05. The van der Waals surface area contributed by atoms with Gasteiger partial charge in [-0.1, -0.05) is 200 Å². The zero-order valence-electron chi connectivity index (χ0n) is 32.2. The molecule has 1 unspecified atom stereocenters. The molecular formula is C54H36N3OP. The smallest absolute Gasteiger partial charge is 0.164 e. The van der Waals surface area contributed by atoms with Gasteiger partial charge in [0.1, 0.15) is 7.14 Å². The molecule has 0 N–H and O–H groups in total. The van der Waals surface area contributed by atoms with Crippen molar-refractivity contribution >= 4 is 39.3 Å². The number of hydrogen-bond acceptors (Lipinski definition) is 4. The third kappa shape index (κ3) is 5.83. The molecule has 0 aliphatic carbocycles. The van der Waals surface area contributed by atoms with Crippen LogP contribution >= 0.6 is 7.14 Å². The summed E-state index contributed by atoms with van der Waals surface area (Å²) in [4.78, 5) is 15.1. The second kappa shape index (κ2) is 14.0. The lowest BCUT2D eigenvalue weighted by Gasteiger charge is -2.21. The summed E-state index contributed by atoms with van der Waals surface area (Å²) in [5.74, 6) is 1.86. The Kier molecular flexibility index (Phi) is 8.28. The minimum atomic E-state index is -2.87. The highest BCUT2D eigenvalue weighted by molar-refractivity contribution is 7.79. The summed E-state index contributed by atoms with van der Waals surface area (Å²) in [7, 11) is -2.87. The van der Waals surface area contributed by atoms with Crippen LogP contribution in [0, 0.1) is 0 Å². The molecule has 10 aromatic rings. The fourth-order valence-corrected chi connectivity index (χ4v) is 11.5. The van der Waals surface area contributed by atoms with E-state index in [1.165, 1.54) is 0 Å². The van der Waals surface area contributed by atoms with E-state index in [4.69, 9.17) is 15.0 Å². The fourth-order valence-electron chi connectivity index (χ4n) is 8.92. The van der Waals surface area contributed by atoms with Gasteiger partial charge >= 0.3 is 0 Å². The molecule has 1 aliphatic heterocycles. The third-order valence-corrected chi connectivity index (χ3v) is 14.3. The fraction of sp³-hybridized carbons (Fsp3) is 0.0185. The SMILES string of the molecule is CP1(=O)c2ccccc2-c2cccc(-c3c4ccccc4c(-c4ccc(-c5nc(-c6ccccc6)nc(-c6ccc(-c7ccccc7)cc6)n5)cc4)c4ccccc34)c21. The minimum absolute atomic E-state index is 0.612. The van der Waals surface area contributed by atoms with Crippen molar-refractivity contribution in [1.29, 1.82) is 0 Å². The summed E-state index contributed by atoms with van der Waals surface area (Å²) in [6.45, 7) is 1.93. The molecule has 9 aromatic carbocycles. The number of fused-ring (bicyclic) bond motifs is 5. The van der Waals surface area contributed by atoms with Gasteiger partial charge in [0.05, 0.1) is 0 Å². The van der Waals surface area contributed by atoms with Crippen LogP contribution in [0.15, 0.2) is 200 Å². The van der Waals surface area contributed by atoms with Gasteiger partial charge in [-0.15, -0.1) is 0 Å². The summed E-state index contributed by atoms with van der Waals surface area (Å²) >= 11 is 0. The van der Waals surface area contributed by atoms with Crippen molar-refractivity contribution in [1.82, 2.24) is 15.0 Å². The maximum absolute atomic E-state index is 14.8. The molecule has 59 heavy (non-hydrogen) atoms. The molecule has 2 heterocycles. The first-order valence-corrected chi connectivity index (χ1v) is 22.0. The molecule has 0 amide bonds. The largest absolute Gasteiger partial charge is 0.314 e. The molecule has 0 bridgehead atoms. The quantitative estimate of drug-likeness (QED) is 0.125. The van der Waals surface area contributed by atoms with Gasteiger partial charge in [-0.3, -0.25) is 0 Å². The molecule has 0 saturated heterocycles. The molecule has 1 aliphatic rings. The van der Waals surface area contributed by atoms with E-state index < -0.39 is 7.14 Å². The van der Waals surface area contributed by atoms with E-state index in [9.17, 15) is 4.57 Å². The molecule has 0 saturated carbocycles. The lowest BCUT2D eigenvalue weighted by atomic mass is 9.85. The number of benzene rings is 9. The van der Waals surface area contributed by atoms with Crippen molar-refractivity contribution in [3.63, 3.8) is 0 Å². The van der Waals surface area contributed by atoms with Crippen LogP contribution in [0.5, 0.6) is 0 Å². The second-order valence-electron chi connectivity index (χ2n) is 15.2. The van der Waals surface area contributed by atoms with E-state index in [1.807, 2.05) is 61.3 Å². The maximum atomic E-state index is 14.8. The van der Waals surface area contributed by atoms with Crippen LogP contribution in [-0.4, -0.2) is 21.6 Å². The average Bonchev–Trinajstić information content (AvgIpc) is 3.54. The Hall–Kier alpha value is -7.26. The van der Waals surface area contributed by atoms with Gasteiger partial charge in [0.2, 0.25) is 0 Å². The Morgan fingerprint density at radius 1 is 0.322 bits per heavy atom. The molecule has 5 heteroatoms. The minimum Gasteiger partial charge on any atom is -0.314 e. The van der Waals surface area contributed by atoms with Gasteiger partial charge in [-0.25, -0.2) is 15.0 Å². The van der Waals surface area contributed by atoms with Gasteiger partial charge in [-0.05, 0) is 72.7 Å². The van der Waals surface area contributed by atoms with Gasteiger partial charge in [-0.2, -0.15) is 0 Å². The van der Waals surface area contributed by atoms with Crippen LogP contribution in [0.3, 0.4) is 0 Å². The van der Waals surface area contributed by atoms with Gasteiger partial charge in [0.15, 0.2) is 17.5 Å². The number of aromatic nitrogens is 3. The first-order valence-electron chi connectivity index (χ1n) is 19.9. The predicted molar refractivity (Wildman–Crippen MR) is 246 cm³/mol.